The third kappa shape index (κ3) is 2.02. The van der Waals surface area contributed by atoms with Gasteiger partial charge in [-0.3, -0.25) is 0 Å². The van der Waals surface area contributed by atoms with Crippen LogP contribution in [-0.4, -0.2) is 0 Å². The lowest BCUT2D eigenvalue weighted by molar-refractivity contribution is -0.136. The van der Waals surface area contributed by atoms with Crippen molar-refractivity contribution in [2.45, 2.75) is 6.18 Å². The van der Waals surface area contributed by atoms with E-state index in [4.69, 9.17) is 5.73 Å². The predicted octanol–water partition coefficient (Wildman–Crippen LogP) is 2.89. The average Bonchev–Trinajstić information content (AvgIpc) is 1.92. The van der Waals surface area contributed by atoms with Gasteiger partial charge in [-0.05, 0) is 40.8 Å². The van der Waals surface area contributed by atoms with Gasteiger partial charge in [-0.15, -0.1) is 0 Å². The number of nitrogens with two attached hydrogens (primary N) is 1. The Labute approximate surface area is 80.9 Å². The van der Waals surface area contributed by atoms with Crippen molar-refractivity contribution in [2.24, 2.45) is 0 Å². The zero-order valence-electron chi connectivity index (χ0n) is 5.82. The van der Waals surface area contributed by atoms with Crippen molar-refractivity contribution in [1.82, 2.24) is 0 Å². The molecule has 0 aliphatic heterocycles. The summed E-state index contributed by atoms with van der Waals surface area (Å²) in [6, 6.07) is 3.81. The molecule has 0 amide bonds. The molecule has 5 heteroatoms. The van der Waals surface area contributed by atoms with E-state index in [1.165, 1.54) is 12.1 Å². The highest BCUT2D eigenvalue weighted by Crippen LogP contribution is 2.34. The highest BCUT2D eigenvalue weighted by Gasteiger charge is 2.32. The van der Waals surface area contributed by atoms with Crippen LogP contribution in [0, 0.1) is 3.57 Å². The summed E-state index contributed by atoms with van der Waals surface area (Å²) >= 11 is 1.81. The van der Waals surface area contributed by atoms with Gasteiger partial charge in [0.05, 0.1) is 5.56 Å². The molecule has 1 aromatic carbocycles. The minimum atomic E-state index is -4.36. The van der Waals surface area contributed by atoms with Gasteiger partial charge in [0.15, 0.2) is 0 Å². The second-order valence-electron chi connectivity index (χ2n) is 2.23. The summed E-state index contributed by atoms with van der Waals surface area (Å²) in [5.74, 6) is 0. The first kappa shape index (κ1) is 9.63. The van der Waals surface area contributed by atoms with Crippen molar-refractivity contribution in [2.75, 3.05) is 5.73 Å². The monoisotopic (exact) mass is 287 g/mol. The highest BCUT2D eigenvalue weighted by atomic mass is 127. The molecule has 1 aromatic rings. The Morgan fingerprint density at radius 1 is 1.25 bits per heavy atom. The smallest absolute Gasteiger partial charge is 0.398 e. The maximum absolute atomic E-state index is 12.1. The number of anilines is 1. The van der Waals surface area contributed by atoms with Gasteiger partial charge in [-0.1, -0.05) is 0 Å². The third-order valence-corrected chi connectivity index (χ3v) is 1.99. The summed E-state index contributed by atoms with van der Waals surface area (Å²) in [6.07, 6.45) is -4.36. The average molecular weight is 287 g/mol. The summed E-state index contributed by atoms with van der Waals surface area (Å²) in [4.78, 5) is 0. The molecule has 1 rings (SSSR count). The molecule has 66 valence electrons. The van der Waals surface area contributed by atoms with Crippen LogP contribution in [0.3, 0.4) is 0 Å². The SMILES string of the molecule is Nc1ccc(I)cc1C(F)(F)F. The van der Waals surface area contributed by atoms with Crippen molar-refractivity contribution in [3.05, 3.63) is 27.3 Å². The molecule has 0 heterocycles. The fraction of sp³-hybridized carbons (Fsp3) is 0.143. The van der Waals surface area contributed by atoms with E-state index in [1.54, 1.807) is 22.6 Å². The van der Waals surface area contributed by atoms with Crippen LogP contribution >= 0.6 is 22.6 Å². The largest absolute Gasteiger partial charge is 0.418 e. The van der Waals surface area contributed by atoms with Gasteiger partial charge in [-0.25, -0.2) is 0 Å². The lowest BCUT2D eigenvalue weighted by Gasteiger charge is -2.09. The van der Waals surface area contributed by atoms with E-state index in [0.717, 1.165) is 6.07 Å². The molecule has 0 atom stereocenters. The Hall–Kier alpha value is -0.460. The Morgan fingerprint density at radius 2 is 1.83 bits per heavy atom. The Kier molecular flexibility index (Phi) is 2.50. The number of benzene rings is 1. The van der Waals surface area contributed by atoms with E-state index in [9.17, 15) is 13.2 Å². The van der Waals surface area contributed by atoms with Gasteiger partial charge in [0.25, 0.3) is 0 Å². The van der Waals surface area contributed by atoms with Crippen LogP contribution in [0.25, 0.3) is 0 Å². The molecule has 0 spiro atoms. The first-order valence-corrected chi connectivity index (χ1v) is 4.11. The van der Waals surface area contributed by atoms with E-state index < -0.39 is 11.7 Å². The van der Waals surface area contributed by atoms with Gasteiger partial charge in [-0.2, -0.15) is 13.2 Å². The molecule has 2 N–H and O–H groups in total. The molecule has 1 nitrogen and oxygen atoms in total. The molecule has 0 aromatic heterocycles. The van der Waals surface area contributed by atoms with E-state index in [0.29, 0.717) is 3.57 Å². The molecule has 0 radical (unpaired) electrons. The minimum Gasteiger partial charge on any atom is -0.398 e. The minimum absolute atomic E-state index is 0.233. The molecule has 0 saturated carbocycles. The molecule has 0 unspecified atom stereocenters. The lowest BCUT2D eigenvalue weighted by Crippen LogP contribution is -2.08. The number of rotatable bonds is 0. The number of hydrogen-bond acceptors (Lipinski definition) is 1. The highest BCUT2D eigenvalue weighted by molar-refractivity contribution is 14.1. The first-order valence-electron chi connectivity index (χ1n) is 3.03. The van der Waals surface area contributed by atoms with E-state index in [1.807, 2.05) is 0 Å². The van der Waals surface area contributed by atoms with E-state index in [2.05, 4.69) is 0 Å². The third-order valence-electron chi connectivity index (χ3n) is 1.32. The molecular formula is C7H5F3IN. The van der Waals surface area contributed by atoms with Crippen LogP contribution in [0.5, 0.6) is 0 Å². The van der Waals surface area contributed by atoms with Crippen molar-refractivity contribution in [3.8, 4) is 0 Å². The van der Waals surface area contributed by atoms with Gasteiger partial charge in [0, 0.05) is 9.26 Å². The van der Waals surface area contributed by atoms with Crippen LogP contribution < -0.4 is 5.73 Å². The summed E-state index contributed by atoms with van der Waals surface area (Å²) in [7, 11) is 0. The number of halogens is 4. The number of hydrogen-bond donors (Lipinski definition) is 1. The number of nitrogen functional groups attached to an aromatic ring is 1. The zero-order valence-corrected chi connectivity index (χ0v) is 7.98. The lowest BCUT2D eigenvalue weighted by atomic mass is 10.2. The quantitative estimate of drug-likeness (QED) is 0.576. The van der Waals surface area contributed by atoms with Crippen LogP contribution in [-0.2, 0) is 6.18 Å². The number of alkyl halides is 3. The fourth-order valence-electron chi connectivity index (χ4n) is 0.774. The molecule has 0 aliphatic carbocycles. The van der Waals surface area contributed by atoms with Crippen LogP contribution in [0.1, 0.15) is 5.56 Å². The van der Waals surface area contributed by atoms with Crippen LogP contribution in [0.15, 0.2) is 18.2 Å². The Morgan fingerprint density at radius 3 is 2.25 bits per heavy atom. The van der Waals surface area contributed by atoms with Crippen molar-refractivity contribution in [1.29, 1.82) is 0 Å². The standard InChI is InChI=1S/C7H5F3IN/c8-7(9,10)5-3-4(11)1-2-6(5)12/h1-3H,12H2. The Bertz CT molecular complexity index is 295. The van der Waals surface area contributed by atoms with E-state index in [-0.39, 0.29) is 5.69 Å². The fourth-order valence-corrected chi connectivity index (χ4v) is 1.27. The summed E-state index contributed by atoms with van der Waals surface area (Å²) in [5.41, 5.74) is 4.15. The summed E-state index contributed by atoms with van der Waals surface area (Å²) < 4.78 is 37.0. The van der Waals surface area contributed by atoms with Crippen LogP contribution in [0.2, 0.25) is 0 Å². The van der Waals surface area contributed by atoms with Gasteiger partial charge >= 0.3 is 6.18 Å². The summed E-state index contributed by atoms with van der Waals surface area (Å²) in [6.45, 7) is 0. The first-order chi connectivity index (χ1) is 5.41. The van der Waals surface area contributed by atoms with Crippen molar-refractivity contribution < 1.29 is 13.2 Å². The molecule has 12 heavy (non-hydrogen) atoms. The predicted molar refractivity (Wildman–Crippen MR) is 48.6 cm³/mol. The maximum atomic E-state index is 12.1. The normalized spacial score (nSPS) is 11.7. The van der Waals surface area contributed by atoms with Crippen molar-refractivity contribution in [3.63, 3.8) is 0 Å². The molecular weight excluding hydrogens is 282 g/mol. The van der Waals surface area contributed by atoms with E-state index >= 15 is 0 Å². The summed E-state index contributed by atoms with van der Waals surface area (Å²) in [5, 5.41) is 0. The molecule has 0 saturated heterocycles. The second-order valence-corrected chi connectivity index (χ2v) is 3.47. The zero-order chi connectivity index (χ0) is 9.35. The molecule has 0 bridgehead atoms. The second kappa shape index (κ2) is 3.12. The van der Waals surface area contributed by atoms with Gasteiger partial charge in [0.1, 0.15) is 0 Å². The Balaban J connectivity index is 3.23. The molecule has 0 aliphatic rings. The van der Waals surface area contributed by atoms with Crippen LogP contribution in [0.4, 0.5) is 18.9 Å². The molecule has 0 fully saturated rings. The van der Waals surface area contributed by atoms with Gasteiger partial charge < -0.3 is 5.73 Å². The maximum Gasteiger partial charge on any atom is 0.418 e. The van der Waals surface area contributed by atoms with Crippen molar-refractivity contribution >= 4 is 28.3 Å². The topological polar surface area (TPSA) is 26.0 Å². The van der Waals surface area contributed by atoms with Gasteiger partial charge in [0.2, 0.25) is 0 Å².